The molecule has 0 aliphatic carbocycles. The number of hydrogen-bond acceptors (Lipinski definition) is 5. The summed E-state index contributed by atoms with van der Waals surface area (Å²) in [5.41, 5.74) is 1.74. The molecule has 116 valence electrons. The van der Waals surface area contributed by atoms with Crippen LogP contribution in [0.1, 0.15) is 11.1 Å². The van der Waals surface area contributed by atoms with Gasteiger partial charge >= 0.3 is 5.97 Å². The van der Waals surface area contributed by atoms with Gasteiger partial charge in [-0.15, -0.1) is 0 Å². The number of carbonyl (C=O) groups excluding carboxylic acids is 2. The highest BCUT2D eigenvalue weighted by atomic mass is 32.1. The van der Waals surface area contributed by atoms with Gasteiger partial charge in [0.15, 0.2) is 6.10 Å². The lowest BCUT2D eigenvalue weighted by Gasteiger charge is -2.11. The van der Waals surface area contributed by atoms with Crippen molar-refractivity contribution in [2.45, 2.75) is 19.1 Å². The monoisotopic (exact) mass is 319 g/mol. The number of ether oxygens (including phenoxy) is 1. The number of thiophene rings is 1. The zero-order chi connectivity index (χ0) is 15.8. The Bertz CT molecular complexity index is 598. The molecule has 0 bridgehead atoms. The molecule has 0 spiro atoms. The van der Waals surface area contributed by atoms with E-state index in [1.165, 1.54) is 11.3 Å². The maximum absolute atomic E-state index is 11.6. The Morgan fingerprint density at radius 3 is 2.64 bits per heavy atom. The van der Waals surface area contributed by atoms with E-state index in [-0.39, 0.29) is 25.5 Å². The third-order valence-electron chi connectivity index (χ3n) is 2.93. The Morgan fingerprint density at radius 2 is 1.95 bits per heavy atom. The zero-order valence-corrected chi connectivity index (χ0v) is 12.7. The first kappa shape index (κ1) is 16.2. The number of esters is 1. The van der Waals surface area contributed by atoms with Crippen LogP contribution in [0.4, 0.5) is 0 Å². The summed E-state index contributed by atoms with van der Waals surface area (Å²) < 4.78 is 4.99. The number of benzene rings is 1. The largest absolute Gasteiger partial charge is 0.459 e. The van der Waals surface area contributed by atoms with Crippen molar-refractivity contribution in [2.24, 2.45) is 0 Å². The molecule has 1 unspecified atom stereocenters. The number of hydrogen-bond donors (Lipinski definition) is 2. The molecule has 6 heteroatoms. The third kappa shape index (κ3) is 5.31. The minimum Gasteiger partial charge on any atom is -0.459 e. The first-order chi connectivity index (χ1) is 10.6. The molecule has 2 N–H and O–H groups in total. The molecule has 22 heavy (non-hydrogen) atoms. The van der Waals surface area contributed by atoms with E-state index in [9.17, 15) is 14.7 Å². The molecule has 1 atom stereocenters. The van der Waals surface area contributed by atoms with Gasteiger partial charge in [-0.1, -0.05) is 30.3 Å². The van der Waals surface area contributed by atoms with E-state index in [2.05, 4.69) is 5.32 Å². The van der Waals surface area contributed by atoms with Crippen LogP contribution >= 0.6 is 11.3 Å². The second kappa shape index (κ2) is 8.31. The van der Waals surface area contributed by atoms with E-state index in [0.717, 1.165) is 11.1 Å². The van der Waals surface area contributed by atoms with Crippen molar-refractivity contribution in [3.8, 4) is 0 Å². The fourth-order valence-electron chi connectivity index (χ4n) is 1.76. The Morgan fingerprint density at radius 1 is 1.18 bits per heavy atom. The average molecular weight is 319 g/mol. The lowest BCUT2D eigenvalue weighted by Crippen LogP contribution is -2.38. The number of aliphatic hydroxyl groups excluding tert-OH is 1. The topological polar surface area (TPSA) is 75.6 Å². The van der Waals surface area contributed by atoms with Crippen LogP contribution in [0.3, 0.4) is 0 Å². The molecule has 1 amide bonds. The SMILES string of the molecule is O=C(Cc1ccsc1)NCC(O)C(=O)OCc1ccccc1. The molecule has 0 radical (unpaired) electrons. The first-order valence-corrected chi connectivity index (χ1v) is 7.76. The highest BCUT2D eigenvalue weighted by molar-refractivity contribution is 7.07. The lowest BCUT2D eigenvalue weighted by atomic mass is 10.2. The molecule has 1 aromatic carbocycles. The van der Waals surface area contributed by atoms with Crippen LogP contribution in [-0.2, 0) is 27.4 Å². The summed E-state index contributed by atoms with van der Waals surface area (Å²) in [5, 5.41) is 16.0. The fraction of sp³-hybridized carbons (Fsp3) is 0.250. The van der Waals surface area contributed by atoms with Gasteiger partial charge in [0, 0.05) is 0 Å². The Balaban J connectivity index is 1.68. The van der Waals surface area contributed by atoms with Crippen LogP contribution in [0.5, 0.6) is 0 Å². The van der Waals surface area contributed by atoms with Crippen molar-refractivity contribution in [1.82, 2.24) is 5.32 Å². The summed E-state index contributed by atoms with van der Waals surface area (Å²) in [4.78, 5) is 23.3. The summed E-state index contributed by atoms with van der Waals surface area (Å²) >= 11 is 1.51. The Hall–Kier alpha value is -2.18. The second-order valence-electron chi connectivity index (χ2n) is 4.72. The molecular formula is C16H17NO4S. The molecule has 2 rings (SSSR count). The molecule has 0 fully saturated rings. The molecule has 0 aliphatic rings. The van der Waals surface area contributed by atoms with Crippen LogP contribution in [0.2, 0.25) is 0 Å². The van der Waals surface area contributed by atoms with Gasteiger partial charge < -0.3 is 15.2 Å². The normalized spacial score (nSPS) is 11.7. The fourth-order valence-corrected chi connectivity index (χ4v) is 2.43. The van der Waals surface area contributed by atoms with Gasteiger partial charge in [0.05, 0.1) is 13.0 Å². The minimum absolute atomic E-state index is 0.0968. The lowest BCUT2D eigenvalue weighted by molar-refractivity contribution is -0.154. The quantitative estimate of drug-likeness (QED) is 0.759. The van der Waals surface area contributed by atoms with E-state index < -0.39 is 12.1 Å². The summed E-state index contributed by atoms with van der Waals surface area (Å²) in [6, 6.07) is 11.0. The van der Waals surface area contributed by atoms with Gasteiger partial charge in [0.25, 0.3) is 0 Å². The number of aliphatic hydroxyl groups is 1. The van der Waals surface area contributed by atoms with Crippen molar-refractivity contribution in [1.29, 1.82) is 0 Å². The van der Waals surface area contributed by atoms with Gasteiger partial charge in [-0.3, -0.25) is 4.79 Å². The molecule has 0 aliphatic heterocycles. The number of nitrogens with one attached hydrogen (secondary N) is 1. The Kier molecular flexibility index (Phi) is 6.12. The van der Waals surface area contributed by atoms with E-state index in [4.69, 9.17) is 4.74 Å². The summed E-state index contributed by atoms with van der Waals surface area (Å²) in [6.45, 7) is -0.0593. The van der Waals surface area contributed by atoms with Crippen molar-refractivity contribution >= 4 is 23.2 Å². The first-order valence-electron chi connectivity index (χ1n) is 6.81. The Labute approximate surface area is 132 Å². The third-order valence-corrected chi connectivity index (χ3v) is 3.67. The zero-order valence-electron chi connectivity index (χ0n) is 11.9. The van der Waals surface area contributed by atoms with Gasteiger partial charge in [0.2, 0.25) is 5.91 Å². The summed E-state index contributed by atoms with van der Waals surface area (Å²) in [6.07, 6.45) is -1.13. The average Bonchev–Trinajstić information content (AvgIpc) is 3.04. The molecular weight excluding hydrogens is 302 g/mol. The standard InChI is InChI=1S/C16H17NO4S/c18-14(9-17-15(19)8-13-6-7-22-11-13)16(20)21-10-12-4-2-1-3-5-12/h1-7,11,14,18H,8-10H2,(H,17,19). The van der Waals surface area contributed by atoms with Crippen molar-refractivity contribution in [3.05, 3.63) is 58.3 Å². The molecule has 0 saturated heterocycles. The maximum Gasteiger partial charge on any atom is 0.337 e. The van der Waals surface area contributed by atoms with E-state index in [1.54, 1.807) is 0 Å². The highest BCUT2D eigenvalue weighted by Crippen LogP contribution is 2.06. The van der Waals surface area contributed by atoms with Crippen LogP contribution in [0.15, 0.2) is 47.2 Å². The molecule has 1 heterocycles. The maximum atomic E-state index is 11.6. The van der Waals surface area contributed by atoms with Gasteiger partial charge in [-0.05, 0) is 28.0 Å². The molecule has 5 nitrogen and oxygen atoms in total. The number of carbonyl (C=O) groups is 2. The number of rotatable bonds is 7. The molecule has 0 saturated carbocycles. The minimum atomic E-state index is -1.37. The highest BCUT2D eigenvalue weighted by Gasteiger charge is 2.17. The molecule has 2 aromatic rings. The van der Waals surface area contributed by atoms with E-state index in [1.807, 2.05) is 47.2 Å². The van der Waals surface area contributed by atoms with Crippen LogP contribution in [-0.4, -0.2) is 29.6 Å². The van der Waals surface area contributed by atoms with Crippen molar-refractivity contribution in [2.75, 3.05) is 6.54 Å². The van der Waals surface area contributed by atoms with E-state index in [0.29, 0.717) is 0 Å². The summed E-state index contributed by atoms with van der Waals surface area (Å²) in [7, 11) is 0. The van der Waals surface area contributed by atoms with Crippen LogP contribution in [0, 0.1) is 0 Å². The van der Waals surface area contributed by atoms with Crippen LogP contribution in [0.25, 0.3) is 0 Å². The predicted molar refractivity (Wildman–Crippen MR) is 83.3 cm³/mol. The van der Waals surface area contributed by atoms with E-state index >= 15 is 0 Å². The van der Waals surface area contributed by atoms with Gasteiger partial charge in [-0.25, -0.2) is 4.79 Å². The van der Waals surface area contributed by atoms with Crippen LogP contribution < -0.4 is 5.32 Å². The molecule has 1 aromatic heterocycles. The van der Waals surface area contributed by atoms with Gasteiger partial charge in [0.1, 0.15) is 6.61 Å². The van der Waals surface area contributed by atoms with Crippen molar-refractivity contribution in [3.63, 3.8) is 0 Å². The second-order valence-corrected chi connectivity index (χ2v) is 5.50. The van der Waals surface area contributed by atoms with Gasteiger partial charge in [-0.2, -0.15) is 11.3 Å². The predicted octanol–water partition coefficient (Wildman–Crippen LogP) is 1.51. The smallest absolute Gasteiger partial charge is 0.337 e. The summed E-state index contributed by atoms with van der Waals surface area (Å²) in [5.74, 6) is -0.993. The van der Waals surface area contributed by atoms with Crippen molar-refractivity contribution < 1.29 is 19.4 Å². The number of amides is 1.